The van der Waals surface area contributed by atoms with Crippen LogP contribution in [0.15, 0.2) is 0 Å². The van der Waals surface area contributed by atoms with Crippen molar-refractivity contribution >= 4 is 30.7 Å². The lowest BCUT2D eigenvalue weighted by Gasteiger charge is -2.15. The van der Waals surface area contributed by atoms with Gasteiger partial charge < -0.3 is 15.5 Å². The predicted molar refractivity (Wildman–Crippen MR) is 91.1 cm³/mol. The van der Waals surface area contributed by atoms with E-state index < -0.39 is 0 Å². The summed E-state index contributed by atoms with van der Waals surface area (Å²) >= 11 is 0. The van der Waals surface area contributed by atoms with E-state index in [2.05, 4.69) is 25.7 Å². The summed E-state index contributed by atoms with van der Waals surface area (Å²) in [6.45, 7) is 5.93. The SMILES string of the molecule is Cl.Cl.O=C(NCCCN1CCCC1)c1n[nH]c2c1CNCC2. The molecule has 0 aromatic carbocycles. The van der Waals surface area contributed by atoms with Crippen molar-refractivity contribution in [2.45, 2.75) is 32.2 Å². The molecule has 1 saturated heterocycles. The molecule has 0 bridgehead atoms. The fourth-order valence-electron chi connectivity index (χ4n) is 3.01. The van der Waals surface area contributed by atoms with Gasteiger partial charge in [-0.15, -0.1) is 24.8 Å². The van der Waals surface area contributed by atoms with Gasteiger partial charge in [-0.1, -0.05) is 0 Å². The van der Waals surface area contributed by atoms with Gasteiger partial charge in [0.25, 0.3) is 5.91 Å². The molecule has 1 aromatic rings. The minimum absolute atomic E-state index is 0. The third-order valence-corrected chi connectivity index (χ3v) is 4.16. The zero-order chi connectivity index (χ0) is 13.8. The number of hydrogen-bond acceptors (Lipinski definition) is 4. The highest BCUT2D eigenvalue weighted by molar-refractivity contribution is 5.94. The Morgan fingerprint density at radius 2 is 2.05 bits per heavy atom. The van der Waals surface area contributed by atoms with Crippen molar-refractivity contribution in [2.24, 2.45) is 0 Å². The lowest BCUT2D eigenvalue weighted by Crippen LogP contribution is -2.30. The van der Waals surface area contributed by atoms with Crippen LogP contribution in [-0.4, -0.2) is 53.7 Å². The van der Waals surface area contributed by atoms with Crippen LogP contribution in [0.2, 0.25) is 0 Å². The number of nitrogens with zero attached hydrogens (tertiary/aromatic N) is 2. The van der Waals surface area contributed by atoms with Gasteiger partial charge in [0.05, 0.1) is 0 Å². The maximum absolute atomic E-state index is 12.1. The van der Waals surface area contributed by atoms with E-state index in [0.29, 0.717) is 5.69 Å². The first-order valence-electron chi connectivity index (χ1n) is 7.62. The zero-order valence-electron chi connectivity index (χ0n) is 12.7. The molecule has 1 amide bonds. The van der Waals surface area contributed by atoms with Crippen LogP contribution in [0.4, 0.5) is 0 Å². The maximum Gasteiger partial charge on any atom is 0.272 e. The molecular formula is C14H25Cl2N5O. The molecule has 1 fully saturated rings. The molecule has 3 N–H and O–H groups in total. The number of likely N-dealkylation sites (tertiary alicyclic amines) is 1. The van der Waals surface area contributed by atoms with E-state index in [1.165, 1.54) is 25.9 Å². The summed E-state index contributed by atoms with van der Waals surface area (Å²) in [5.74, 6) is -0.0485. The van der Waals surface area contributed by atoms with E-state index in [4.69, 9.17) is 0 Å². The topological polar surface area (TPSA) is 73.0 Å². The lowest BCUT2D eigenvalue weighted by atomic mass is 10.1. The number of nitrogens with one attached hydrogen (secondary N) is 3. The Balaban J connectivity index is 0.00000121. The molecule has 0 radical (unpaired) electrons. The van der Waals surface area contributed by atoms with Crippen LogP contribution < -0.4 is 10.6 Å². The van der Waals surface area contributed by atoms with Crippen molar-refractivity contribution in [3.63, 3.8) is 0 Å². The van der Waals surface area contributed by atoms with Crippen molar-refractivity contribution in [2.75, 3.05) is 32.7 Å². The highest BCUT2D eigenvalue weighted by atomic mass is 35.5. The monoisotopic (exact) mass is 349 g/mol. The summed E-state index contributed by atoms with van der Waals surface area (Å²) < 4.78 is 0. The van der Waals surface area contributed by atoms with Crippen LogP contribution in [-0.2, 0) is 13.0 Å². The summed E-state index contributed by atoms with van der Waals surface area (Å²) in [5.41, 5.74) is 2.70. The second kappa shape index (κ2) is 9.35. The fourth-order valence-corrected chi connectivity index (χ4v) is 3.01. The van der Waals surface area contributed by atoms with E-state index >= 15 is 0 Å². The number of rotatable bonds is 5. The van der Waals surface area contributed by atoms with Gasteiger partial charge in [0.1, 0.15) is 0 Å². The van der Waals surface area contributed by atoms with Gasteiger partial charge in [-0.3, -0.25) is 9.89 Å². The molecule has 2 aliphatic heterocycles. The summed E-state index contributed by atoms with van der Waals surface area (Å²) in [6.07, 6.45) is 4.57. The number of aromatic nitrogens is 2. The summed E-state index contributed by atoms with van der Waals surface area (Å²) in [7, 11) is 0. The second-order valence-electron chi connectivity index (χ2n) is 5.61. The normalized spacial score (nSPS) is 17.3. The molecule has 1 aromatic heterocycles. The number of carbonyl (C=O) groups is 1. The largest absolute Gasteiger partial charge is 0.351 e. The van der Waals surface area contributed by atoms with Crippen molar-refractivity contribution in [1.82, 2.24) is 25.7 Å². The first-order chi connectivity index (χ1) is 9.84. The Morgan fingerprint density at radius 3 is 2.82 bits per heavy atom. The molecule has 0 unspecified atom stereocenters. The van der Waals surface area contributed by atoms with Gasteiger partial charge >= 0.3 is 0 Å². The van der Waals surface area contributed by atoms with Crippen LogP contribution in [0, 0.1) is 0 Å². The third kappa shape index (κ3) is 4.59. The smallest absolute Gasteiger partial charge is 0.272 e. The highest BCUT2D eigenvalue weighted by Crippen LogP contribution is 2.15. The van der Waals surface area contributed by atoms with Crippen molar-refractivity contribution in [1.29, 1.82) is 0 Å². The summed E-state index contributed by atoms with van der Waals surface area (Å²) in [6, 6.07) is 0. The van der Waals surface area contributed by atoms with Crippen molar-refractivity contribution < 1.29 is 4.79 Å². The number of amides is 1. The zero-order valence-corrected chi connectivity index (χ0v) is 14.3. The van der Waals surface area contributed by atoms with Gasteiger partial charge in [-0.25, -0.2) is 0 Å². The minimum Gasteiger partial charge on any atom is -0.351 e. The number of halogens is 2. The Bertz CT molecular complexity index is 474. The molecule has 3 heterocycles. The Kier molecular flexibility index (Phi) is 8.17. The number of hydrogen-bond donors (Lipinski definition) is 3. The minimum atomic E-state index is -0.0485. The Labute approximate surface area is 143 Å². The van der Waals surface area contributed by atoms with Crippen LogP contribution in [0.5, 0.6) is 0 Å². The molecule has 2 aliphatic rings. The van der Waals surface area contributed by atoms with Gasteiger partial charge in [-0.05, 0) is 38.9 Å². The second-order valence-corrected chi connectivity index (χ2v) is 5.61. The van der Waals surface area contributed by atoms with E-state index in [-0.39, 0.29) is 30.7 Å². The van der Waals surface area contributed by atoms with Crippen molar-refractivity contribution in [3.05, 3.63) is 17.0 Å². The molecular weight excluding hydrogens is 325 g/mol. The third-order valence-electron chi connectivity index (χ3n) is 4.16. The van der Waals surface area contributed by atoms with Gasteiger partial charge in [0.15, 0.2) is 5.69 Å². The van der Waals surface area contributed by atoms with Crippen molar-refractivity contribution in [3.8, 4) is 0 Å². The van der Waals surface area contributed by atoms with E-state index in [1.54, 1.807) is 0 Å². The van der Waals surface area contributed by atoms with Crippen LogP contribution in [0.25, 0.3) is 0 Å². The maximum atomic E-state index is 12.1. The molecule has 0 aliphatic carbocycles. The standard InChI is InChI=1S/C14H23N5O.2ClH/c20-14(16-5-3-9-19-7-1-2-8-19)13-11-10-15-6-4-12(11)17-18-13;;/h15H,1-10H2,(H,16,20)(H,17,18);2*1H. The van der Waals surface area contributed by atoms with Gasteiger partial charge in [0.2, 0.25) is 0 Å². The summed E-state index contributed by atoms with van der Waals surface area (Å²) in [5, 5.41) is 13.4. The Morgan fingerprint density at radius 1 is 1.27 bits per heavy atom. The lowest BCUT2D eigenvalue weighted by molar-refractivity contribution is 0.0946. The molecule has 3 rings (SSSR count). The highest BCUT2D eigenvalue weighted by Gasteiger charge is 2.21. The molecule has 0 atom stereocenters. The number of H-pyrrole nitrogens is 1. The first kappa shape index (κ1) is 19.2. The number of fused-ring (bicyclic) bond motifs is 1. The van der Waals surface area contributed by atoms with Crippen LogP contribution >= 0.6 is 24.8 Å². The van der Waals surface area contributed by atoms with Crippen LogP contribution in [0.3, 0.4) is 0 Å². The molecule has 0 spiro atoms. The Hall–Kier alpha value is -0.820. The molecule has 22 heavy (non-hydrogen) atoms. The van der Waals surface area contributed by atoms with E-state index in [1.807, 2.05) is 0 Å². The summed E-state index contributed by atoms with van der Waals surface area (Å²) in [4.78, 5) is 14.6. The molecule has 8 heteroatoms. The first-order valence-corrected chi connectivity index (χ1v) is 7.62. The average Bonchev–Trinajstić information content (AvgIpc) is 3.12. The van der Waals surface area contributed by atoms with Gasteiger partial charge in [0, 0.05) is 37.3 Å². The van der Waals surface area contributed by atoms with E-state index in [0.717, 1.165) is 50.3 Å². The van der Waals surface area contributed by atoms with E-state index in [9.17, 15) is 4.79 Å². The number of carbonyl (C=O) groups excluding carboxylic acids is 1. The van der Waals surface area contributed by atoms with Crippen LogP contribution in [0.1, 0.15) is 41.0 Å². The van der Waals surface area contributed by atoms with Gasteiger partial charge in [-0.2, -0.15) is 5.10 Å². The number of aromatic amines is 1. The molecule has 0 saturated carbocycles. The average molecular weight is 350 g/mol. The quantitative estimate of drug-likeness (QED) is 0.696. The molecule has 6 nitrogen and oxygen atoms in total. The fraction of sp³-hybridized carbons (Fsp3) is 0.714. The predicted octanol–water partition coefficient (Wildman–Crippen LogP) is 1.11. The molecule has 126 valence electrons.